The molecule has 0 heterocycles. The fourth-order valence-corrected chi connectivity index (χ4v) is 0. The van der Waals surface area contributed by atoms with Gasteiger partial charge in [-0.1, -0.05) is 0 Å². The van der Waals surface area contributed by atoms with E-state index in [2.05, 4.69) is 0 Å². The standard InChI is InChI=1S/K.2H3O4P.H2O/c;2*1-5(2,3)4;/h;2*(H3,1,2,3,4);1H2/q+1;;;/p-1. The van der Waals surface area contributed by atoms with Crippen LogP contribution in [-0.2, 0) is 9.13 Å². The van der Waals surface area contributed by atoms with E-state index in [0.29, 0.717) is 0 Å². The molecule has 0 aromatic carbocycles. The maximum absolute atomic E-state index is 8.88. The molecule has 7 N–H and O–H groups in total. The van der Waals surface area contributed by atoms with Crippen LogP contribution in [0.25, 0.3) is 0 Å². The van der Waals surface area contributed by atoms with Crippen LogP contribution in [-0.4, -0.2) is 29.9 Å². The van der Waals surface area contributed by atoms with Crippen molar-refractivity contribution < 1.29 is 95.4 Å². The van der Waals surface area contributed by atoms with Gasteiger partial charge in [0.05, 0.1) is 0 Å². The smallest absolute Gasteiger partial charge is 0.756 e. The maximum Gasteiger partial charge on any atom is 1.00 e. The summed E-state index contributed by atoms with van der Waals surface area (Å²) in [5, 5.41) is 0. The molecular formula is H7KO9P2. The van der Waals surface area contributed by atoms with E-state index in [1.54, 1.807) is 0 Å². The summed E-state index contributed by atoms with van der Waals surface area (Å²) >= 11 is 0. The fraction of sp³-hybridized carbons (Fsp3) is 0. The molecule has 0 bridgehead atoms. The summed E-state index contributed by atoms with van der Waals surface area (Å²) < 4.78 is 17.7. The quantitative estimate of drug-likeness (QED) is 0.207. The minimum atomic E-state index is -4.89. The predicted octanol–water partition coefficient (Wildman–Crippen LogP) is -6.31. The van der Waals surface area contributed by atoms with Crippen LogP contribution in [0.2, 0.25) is 0 Å². The van der Waals surface area contributed by atoms with Crippen LogP contribution in [0.1, 0.15) is 0 Å². The number of rotatable bonds is 0. The number of hydrogen-bond acceptors (Lipinski definition) is 3. The van der Waals surface area contributed by atoms with E-state index < -0.39 is 15.6 Å². The Morgan fingerprint density at radius 2 is 0.917 bits per heavy atom. The molecule has 12 heteroatoms. The van der Waals surface area contributed by atoms with Gasteiger partial charge in [-0.05, 0) is 0 Å². The molecule has 0 unspecified atom stereocenters. The molecule has 0 aromatic rings. The number of hydrogen-bond donors (Lipinski definition) is 5. The normalized spacial score (nSPS) is 9.83. The van der Waals surface area contributed by atoms with Gasteiger partial charge in [-0.2, -0.15) is 0 Å². The second-order valence-electron chi connectivity index (χ2n) is 1.00. The van der Waals surface area contributed by atoms with Crippen molar-refractivity contribution in [1.29, 1.82) is 0 Å². The summed E-state index contributed by atoms with van der Waals surface area (Å²) in [4.78, 5) is 44.5. The van der Waals surface area contributed by atoms with Gasteiger partial charge < -0.3 is 34.8 Å². The monoisotopic (exact) mass is 252 g/mol. The van der Waals surface area contributed by atoms with Crippen LogP contribution in [0, 0.1) is 0 Å². The Morgan fingerprint density at radius 3 is 0.917 bits per heavy atom. The van der Waals surface area contributed by atoms with Gasteiger partial charge in [0.1, 0.15) is 0 Å². The third kappa shape index (κ3) is 419. The summed E-state index contributed by atoms with van der Waals surface area (Å²) in [5.41, 5.74) is 0. The van der Waals surface area contributed by atoms with Gasteiger partial charge in [-0.3, -0.25) is 4.57 Å². The molecule has 0 amide bonds. The summed E-state index contributed by atoms with van der Waals surface area (Å²) in [6.07, 6.45) is 0. The van der Waals surface area contributed by atoms with Crippen LogP contribution >= 0.6 is 15.6 Å². The van der Waals surface area contributed by atoms with E-state index in [-0.39, 0.29) is 56.9 Å². The zero-order valence-electron chi connectivity index (χ0n) is 5.86. The molecule has 0 aliphatic heterocycles. The molecule has 0 atom stereocenters. The summed E-state index contributed by atoms with van der Waals surface area (Å²) in [6, 6.07) is 0. The van der Waals surface area contributed by atoms with E-state index in [9.17, 15) is 0 Å². The van der Waals surface area contributed by atoms with Crippen molar-refractivity contribution in [2.45, 2.75) is 0 Å². The van der Waals surface area contributed by atoms with E-state index >= 15 is 0 Å². The second kappa shape index (κ2) is 9.37. The average molecular weight is 252 g/mol. The molecule has 0 fully saturated rings. The van der Waals surface area contributed by atoms with Crippen molar-refractivity contribution in [2.24, 2.45) is 0 Å². The van der Waals surface area contributed by atoms with E-state index in [1.807, 2.05) is 0 Å². The van der Waals surface area contributed by atoms with E-state index in [1.165, 1.54) is 0 Å². The SMILES string of the molecule is O.O=P(O)(O)O.O=P([O-])(O)O.[K+]. The van der Waals surface area contributed by atoms with Gasteiger partial charge in [-0.25, -0.2) is 4.57 Å². The molecular weight excluding hydrogens is 245 g/mol. The van der Waals surface area contributed by atoms with Crippen molar-refractivity contribution in [1.82, 2.24) is 0 Å². The minimum absolute atomic E-state index is 0. The zero-order valence-corrected chi connectivity index (χ0v) is 10.8. The van der Waals surface area contributed by atoms with Gasteiger partial charge in [0.25, 0.3) is 7.82 Å². The first-order valence-electron chi connectivity index (χ1n) is 1.55. The molecule has 0 aliphatic carbocycles. The maximum atomic E-state index is 8.88. The van der Waals surface area contributed by atoms with Crippen molar-refractivity contribution >= 4 is 15.6 Å². The fourth-order valence-electron chi connectivity index (χ4n) is 0. The molecule has 0 saturated carbocycles. The Bertz CT molecular complexity index is 125. The Morgan fingerprint density at radius 1 is 0.917 bits per heavy atom. The zero-order chi connectivity index (χ0) is 9.00. The van der Waals surface area contributed by atoms with Gasteiger partial charge in [0.15, 0.2) is 0 Å². The Hall–Kier alpha value is 1.82. The van der Waals surface area contributed by atoms with Crippen LogP contribution < -0.4 is 56.3 Å². The molecule has 0 spiro atoms. The van der Waals surface area contributed by atoms with Crippen LogP contribution in [0.4, 0.5) is 0 Å². The van der Waals surface area contributed by atoms with Crippen molar-refractivity contribution in [3.05, 3.63) is 0 Å². The van der Waals surface area contributed by atoms with E-state index in [4.69, 9.17) is 38.5 Å². The summed E-state index contributed by atoms with van der Waals surface area (Å²) in [7, 11) is -9.53. The first-order valence-corrected chi connectivity index (χ1v) is 4.64. The first-order chi connectivity index (χ1) is 4.00. The molecule has 0 radical (unpaired) electrons. The van der Waals surface area contributed by atoms with Gasteiger partial charge in [0, 0.05) is 0 Å². The minimum Gasteiger partial charge on any atom is -0.756 e. The first kappa shape index (κ1) is 23.6. The molecule has 0 aromatic heterocycles. The number of phosphoric acid groups is 2. The van der Waals surface area contributed by atoms with Gasteiger partial charge in [0.2, 0.25) is 0 Å². The van der Waals surface area contributed by atoms with Crippen molar-refractivity contribution in [3.8, 4) is 0 Å². The largest absolute Gasteiger partial charge is 1.00 e. The van der Waals surface area contributed by atoms with E-state index in [0.717, 1.165) is 0 Å². The second-order valence-corrected chi connectivity index (χ2v) is 3.01. The molecule has 12 heavy (non-hydrogen) atoms. The van der Waals surface area contributed by atoms with Crippen LogP contribution in [0.5, 0.6) is 0 Å². The average Bonchev–Trinajstić information content (AvgIpc) is 1.12. The van der Waals surface area contributed by atoms with Gasteiger partial charge in [-0.15, -0.1) is 0 Å². The summed E-state index contributed by atoms with van der Waals surface area (Å²) in [6.45, 7) is 0. The molecule has 0 aliphatic rings. The molecule has 72 valence electrons. The molecule has 0 rings (SSSR count). The third-order valence-electron chi connectivity index (χ3n) is 0. The Labute approximate surface area is 110 Å². The van der Waals surface area contributed by atoms with Crippen LogP contribution in [0.3, 0.4) is 0 Å². The Balaban J connectivity index is -0.0000000457. The third-order valence-corrected chi connectivity index (χ3v) is 0. The Kier molecular flexibility index (Phi) is 18.4. The topological polar surface area (TPSA) is 190 Å². The van der Waals surface area contributed by atoms with Crippen LogP contribution in [0.15, 0.2) is 0 Å². The predicted molar refractivity (Wildman–Crippen MR) is 29.9 cm³/mol. The van der Waals surface area contributed by atoms with Gasteiger partial charge >= 0.3 is 59.2 Å². The van der Waals surface area contributed by atoms with Crippen molar-refractivity contribution in [3.63, 3.8) is 0 Å². The summed E-state index contributed by atoms with van der Waals surface area (Å²) in [5.74, 6) is 0. The van der Waals surface area contributed by atoms with Crippen molar-refractivity contribution in [2.75, 3.05) is 0 Å². The molecule has 0 saturated heterocycles. The molecule has 9 nitrogen and oxygen atoms in total.